The molecule has 3 rings (SSSR count). The highest BCUT2D eigenvalue weighted by molar-refractivity contribution is 9.10. The summed E-state index contributed by atoms with van der Waals surface area (Å²) in [7, 11) is 0. The van der Waals surface area contributed by atoms with E-state index >= 15 is 0 Å². The molecule has 2 aromatic carbocycles. The molecule has 1 fully saturated rings. The van der Waals surface area contributed by atoms with E-state index in [1.54, 1.807) is 36.4 Å². The van der Waals surface area contributed by atoms with Crippen molar-refractivity contribution in [2.45, 2.75) is 26.2 Å². The molecule has 5 nitrogen and oxygen atoms in total. The van der Waals surface area contributed by atoms with Gasteiger partial charge in [-0.3, -0.25) is 0 Å². The van der Waals surface area contributed by atoms with Crippen LogP contribution >= 0.6 is 39.1 Å². The van der Waals surface area contributed by atoms with E-state index < -0.39 is 17.7 Å². The van der Waals surface area contributed by atoms with E-state index in [4.69, 9.17) is 37.4 Å². The number of cyclic esters (lactones) is 2. The summed E-state index contributed by atoms with van der Waals surface area (Å²) in [5, 5.41) is 1.01. The molecule has 1 heterocycles. The summed E-state index contributed by atoms with van der Waals surface area (Å²) in [5.74, 6) is -2.36. The molecule has 2 aromatic rings. The number of halogens is 3. The lowest BCUT2D eigenvalue weighted by atomic mass is 10.1. The smallest absolute Gasteiger partial charge is 0.348 e. The molecule has 0 N–H and O–H groups in total. The monoisotopic (exact) mass is 484 g/mol. The predicted octanol–water partition coefficient (Wildman–Crippen LogP) is 5.55. The molecule has 1 aliphatic rings. The van der Waals surface area contributed by atoms with Crippen LogP contribution in [0.2, 0.25) is 10.0 Å². The third-order valence-corrected chi connectivity index (χ3v) is 4.87. The van der Waals surface area contributed by atoms with E-state index in [0.29, 0.717) is 21.4 Å². The summed E-state index contributed by atoms with van der Waals surface area (Å²) in [6.45, 7) is 3.15. The van der Waals surface area contributed by atoms with Crippen LogP contribution in [0.5, 0.6) is 5.75 Å². The Morgan fingerprint density at radius 3 is 2.39 bits per heavy atom. The van der Waals surface area contributed by atoms with Crippen molar-refractivity contribution in [3.05, 3.63) is 67.6 Å². The van der Waals surface area contributed by atoms with Gasteiger partial charge in [-0.05, 0) is 36.4 Å². The first kappa shape index (κ1) is 20.7. The van der Waals surface area contributed by atoms with Crippen molar-refractivity contribution in [2.75, 3.05) is 0 Å². The molecule has 0 radical (unpaired) electrons. The molecule has 8 heteroatoms. The number of esters is 2. The van der Waals surface area contributed by atoms with Crippen LogP contribution in [0.15, 0.2) is 46.4 Å². The molecule has 0 unspecified atom stereocenters. The number of hydrogen-bond acceptors (Lipinski definition) is 5. The van der Waals surface area contributed by atoms with Crippen LogP contribution in [0.25, 0.3) is 6.08 Å². The lowest BCUT2D eigenvalue weighted by Crippen LogP contribution is -2.41. The van der Waals surface area contributed by atoms with Gasteiger partial charge in [0.2, 0.25) is 0 Å². The highest BCUT2D eigenvalue weighted by Crippen LogP contribution is 2.30. The number of carbonyl (C=O) groups is 2. The second kappa shape index (κ2) is 8.15. The minimum atomic E-state index is -1.30. The molecule has 0 aromatic heterocycles. The number of hydrogen-bond donors (Lipinski definition) is 0. The Labute approximate surface area is 180 Å². The fourth-order valence-corrected chi connectivity index (χ4v) is 3.33. The van der Waals surface area contributed by atoms with Gasteiger partial charge >= 0.3 is 11.9 Å². The van der Waals surface area contributed by atoms with Gasteiger partial charge in [-0.25, -0.2) is 9.59 Å². The van der Waals surface area contributed by atoms with Gasteiger partial charge in [0.25, 0.3) is 5.79 Å². The molecule has 1 aliphatic heterocycles. The van der Waals surface area contributed by atoms with Crippen LogP contribution < -0.4 is 4.74 Å². The van der Waals surface area contributed by atoms with Crippen LogP contribution in [0, 0.1) is 0 Å². The highest BCUT2D eigenvalue weighted by Gasteiger charge is 2.39. The molecule has 0 atom stereocenters. The molecular weight excluding hydrogens is 471 g/mol. The number of rotatable bonds is 4. The zero-order chi connectivity index (χ0) is 20.5. The molecule has 0 bridgehead atoms. The Bertz CT molecular complexity index is 963. The Morgan fingerprint density at radius 2 is 1.75 bits per heavy atom. The molecular formula is C20H15BrCl2O5. The maximum Gasteiger partial charge on any atom is 0.348 e. The van der Waals surface area contributed by atoms with Gasteiger partial charge in [0.05, 0.1) is 0 Å². The van der Waals surface area contributed by atoms with Crippen molar-refractivity contribution in [3.63, 3.8) is 0 Å². The Hall–Kier alpha value is -2.02. The second-order valence-electron chi connectivity index (χ2n) is 6.44. The first-order chi connectivity index (χ1) is 13.1. The summed E-state index contributed by atoms with van der Waals surface area (Å²) >= 11 is 15.5. The second-order valence-corrected chi connectivity index (χ2v) is 8.20. The average Bonchev–Trinajstić information content (AvgIpc) is 2.58. The third-order valence-electron chi connectivity index (χ3n) is 3.79. The fourth-order valence-electron chi connectivity index (χ4n) is 2.49. The molecule has 0 spiro atoms. The summed E-state index contributed by atoms with van der Waals surface area (Å²) < 4.78 is 16.8. The molecule has 28 heavy (non-hydrogen) atoms. The van der Waals surface area contributed by atoms with E-state index in [0.717, 1.165) is 10.0 Å². The Kier molecular flexibility index (Phi) is 6.03. The van der Waals surface area contributed by atoms with Crippen molar-refractivity contribution in [3.8, 4) is 5.75 Å². The van der Waals surface area contributed by atoms with E-state index in [9.17, 15) is 9.59 Å². The quantitative estimate of drug-likeness (QED) is 0.322. The zero-order valence-corrected chi connectivity index (χ0v) is 18.0. The van der Waals surface area contributed by atoms with Gasteiger partial charge in [0.1, 0.15) is 17.9 Å². The number of carbonyl (C=O) groups excluding carboxylic acids is 2. The molecule has 1 saturated heterocycles. The van der Waals surface area contributed by atoms with E-state index in [1.165, 1.54) is 19.9 Å². The lowest BCUT2D eigenvalue weighted by Gasteiger charge is -2.29. The van der Waals surface area contributed by atoms with Crippen LogP contribution in [-0.2, 0) is 25.7 Å². The SMILES string of the molecule is CC1(C)OC(=O)C(=Cc2cc(Br)ccc2OCc2ccc(Cl)cc2Cl)C(=O)O1. The highest BCUT2D eigenvalue weighted by atomic mass is 79.9. The summed E-state index contributed by atoms with van der Waals surface area (Å²) in [4.78, 5) is 24.4. The third kappa shape index (κ3) is 4.87. The van der Waals surface area contributed by atoms with Crippen molar-refractivity contribution < 1.29 is 23.8 Å². The van der Waals surface area contributed by atoms with Crippen molar-refractivity contribution in [1.82, 2.24) is 0 Å². The molecule has 0 amide bonds. The first-order valence-corrected chi connectivity index (χ1v) is 9.74. The fraction of sp³-hybridized carbons (Fsp3) is 0.200. The molecule has 0 aliphatic carbocycles. The van der Waals surface area contributed by atoms with Crippen LogP contribution in [0.4, 0.5) is 0 Å². The molecule has 0 saturated carbocycles. The van der Waals surface area contributed by atoms with E-state index in [1.807, 2.05) is 0 Å². The van der Waals surface area contributed by atoms with Crippen molar-refractivity contribution in [1.29, 1.82) is 0 Å². The first-order valence-electron chi connectivity index (χ1n) is 8.19. The van der Waals surface area contributed by atoms with Gasteiger partial charge in [-0.1, -0.05) is 45.2 Å². The zero-order valence-electron chi connectivity index (χ0n) is 14.9. The topological polar surface area (TPSA) is 61.8 Å². The summed E-state index contributed by atoms with van der Waals surface area (Å²) in [6, 6.07) is 10.3. The maximum absolute atomic E-state index is 12.2. The van der Waals surface area contributed by atoms with Gasteiger partial charge in [0, 0.05) is 39.5 Å². The van der Waals surface area contributed by atoms with Crippen LogP contribution in [0.3, 0.4) is 0 Å². The Balaban J connectivity index is 1.89. The lowest BCUT2D eigenvalue weighted by molar-refractivity contribution is -0.222. The van der Waals surface area contributed by atoms with E-state index in [2.05, 4.69) is 15.9 Å². The van der Waals surface area contributed by atoms with Gasteiger partial charge in [0.15, 0.2) is 0 Å². The average molecular weight is 486 g/mol. The van der Waals surface area contributed by atoms with Gasteiger partial charge in [-0.2, -0.15) is 0 Å². The standard InChI is InChI=1S/C20H15BrCl2O5/c1-20(2)27-18(24)15(19(25)28-20)8-12-7-13(21)4-6-17(12)26-10-11-3-5-14(22)9-16(11)23/h3-9H,10H2,1-2H3. The maximum atomic E-state index is 12.2. The summed E-state index contributed by atoms with van der Waals surface area (Å²) in [6.07, 6.45) is 1.38. The largest absolute Gasteiger partial charge is 0.488 e. The minimum absolute atomic E-state index is 0.176. The van der Waals surface area contributed by atoms with E-state index in [-0.39, 0.29) is 12.2 Å². The van der Waals surface area contributed by atoms with Crippen molar-refractivity contribution in [2.24, 2.45) is 0 Å². The van der Waals surface area contributed by atoms with Crippen molar-refractivity contribution >= 4 is 57.1 Å². The Morgan fingerprint density at radius 1 is 1.07 bits per heavy atom. The van der Waals surface area contributed by atoms with Crippen LogP contribution in [0.1, 0.15) is 25.0 Å². The van der Waals surface area contributed by atoms with Gasteiger partial charge in [-0.15, -0.1) is 0 Å². The number of ether oxygens (including phenoxy) is 3. The van der Waals surface area contributed by atoms with Crippen LogP contribution in [-0.4, -0.2) is 17.7 Å². The van der Waals surface area contributed by atoms with Gasteiger partial charge < -0.3 is 14.2 Å². The molecule has 146 valence electrons. The predicted molar refractivity (Wildman–Crippen MR) is 109 cm³/mol. The normalized spacial score (nSPS) is 15.7. The minimum Gasteiger partial charge on any atom is -0.488 e. The summed E-state index contributed by atoms with van der Waals surface area (Å²) in [5.41, 5.74) is 1.03. The number of benzene rings is 2.